The van der Waals surface area contributed by atoms with Crippen LogP contribution in [0.4, 0.5) is 0 Å². The normalized spacial score (nSPS) is 14.0. The molecule has 0 aromatic heterocycles. The molecule has 3 aromatic carbocycles. The van der Waals surface area contributed by atoms with E-state index in [-0.39, 0.29) is 24.9 Å². The lowest BCUT2D eigenvalue weighted by atomic mass is 9.90. The SMILES string of the molecule is C=CC(=O)OCCOCCOc1ccc(C(=O)Oc2ccc(SCc3ccc(OC(CCC)OCC4(C)COC4)cc3)cc2)cc1. The molecule has 9 nitrogen and oxygen atoms in total. The van der Waals surface area contributed by atoms with Gasteiger partial charge in [-0.05, 0) is 66.2 Å². The van der Waals surface area contributed by atoms with Crippen molar-refractivity contribution >= 4 is 23.7 Å². The molecule has 1 heterocycles. The summed E-state index contributed by atoms with van der Waals surface area (Å²) in [5, 5.41) is 0. The summed E-state index contributed by atoms with van der Waals surface area (Å²) in [6, 6.07) is 22.3. The van der Waals surface area contributed by atoms with Crippen LogP contribution in [-0.2, 0) is 29.5 Å². The van der Waals surface area contributed by atoms with E-state index in [1.54, 1.807) is 48.2 Å². The largest absolute Gasteiger partial charge is 0.491 e. The summed E-state index contributed by atoms with van der Waals surface area (Å²) in [6.07, 6.45) is 2.64. The molecule has 0 amide bonds. The molecule has 0 saturated carbocycles. The van der Waals surface area contributed by atoms with Gasteiger partial charge in [-0.25, -0.2) is 9.59 Å². The van der Waals surface area contributed by atoms with Crippen LogP contribution >= 0.6 is 11.8 Å². The zero-order chi connectivity index (χ0) is 32.6. The lowest BCUT2D eigenvalue weighted by Crippen LogP contribution is -2.44. The molecule has 3 aromatic rings. The molecule has 46 heavy (non-hydrogen) atoms. The second-order valence-electron chi connectivity index (χ2n) is 11.1. The highest BCUT2D eigenvalue weighted by atomic mass is 32.2. The van der Waals surface area contributed by atoms with Crippen molar-refractivity contribution in [1.82, 2.24) is 0 Å². The molecule has 1 aliphatic heterocycles. The van der Waals surface area contributed by atoms with Crippen molar-refractivity contribution in [3.63, 3.8) is 0 Å². The summed E-state index contributed by atoms with van der Waals surface area (Å²) >= 11 is 1.70. The van der Waals surface area contributed by atoms with E-state index in [0.29, 0.717) is 36.9 Å². The van der Waals surface area contributed by atoms with Crippen LogP contribution in [0.3, 0.4) is 0 Å². The summed E-state index contributed by atoms with van der Waals surface area (Å²) in [6.45, 7) is 10.8. The molecule has 10 heteroatoms. The molecule has 0 spiro atoms. The van der Waals surface area contributed by atoms with Gasteiger partial charge in [0.15, 0.2) is 6.29 Å². The summed E-state index contributed by atoms with van der Waals surface area (Å²) in [4.78, 5) is 24.7. The molecule has 0 bridgehead atoms. The van der Waals surface area contributed by atoms with Crippen molar-refractivity contribution < 1.29 is 42.7 Å². The molecule has 0 N–H and O–H groups in total. The highest BCUT2D eigenvalue weighted by Gasteiger charge is 2.34. The molecule has 1 atom stereocenters. The van der Waals surface area contributed by atoms with Gasteiger partial charge in [0.25, 0.3) is 0 Å². The van der Waals surface area contributed by atoms with Gasteiger partial charge in [0, 0.05) is 28.6 Å². The Morgan fingerprint density at radius 3 is 2.24 bits per heavy atom. The van der Waals surface area contributed by atoms with Gasteiger partial charge in [0.1, 0.15) is 30.5 Å². The van der Waals surface area contributed by atoms with Crippen LogP contribution in [0.2, 0.25) is 0 Å². The Morgan fingerprint density at radius 2 is 1.59 bits per heavy atom. The maximum absolute atomic E-state index is 12.6. The molecule has 0 radical (unpaired) electrons. The molecule has 1 fully saturated rings. The first kappa shape index (κ1) is 35.0. The highest BCUT2D eigenvalue weighted by molar-refractivity contribution is 7.98. The zero-order valence-electron chi connectivity index (χ0n) is 26.4. The molecule has 0 aliphatic carbocycles. The third kappa shape index (κ3) is 11.8. The van der Waals surface area contributed by atoms with Crippen LogP contribution in [0, 0.1) is 5.41 Å². The van der Waals surface area contributed by atoms with Crippen molar-refractivity contribution in [2.24, 2.45) is 5.41 Å². The number of hydrogen-bond acceptors (Lipinski definition) is 10. The van der Waals surface area contributed by atoms with Crippen LogP contribution in [-0.4, -0.2) is 64.5 Å². The topological polar surface area (TPSA) is 98.8 Å². The monoisotopic (exact) mass is 650 g/mol. The predicted molar refractivity (Wildman–Crippen MR) is 176 cm³/mol. The number of carbonyl (C=O) groups excluding carboxylic acids is 2. The third-order valence-corrected chi connectivity index (χ3v) is 7.98. The van der Waals surface area contributed by atoms with E-state index >= 15 is 0 Å². The van der Waals surface area contributed by atoms with Crippen LogP contribution < -0.4 is 14.2 Å². The average Bonchev–Trinajstić information content (AvgIpc) is 3.06. The lowest BCUT2D eigenvalue weighted by molar-refractivity contribution is -0.179. The Kier molecular flexibility index (Phi) is 14.0. The number of hydrogen-bond donors (Lipinski definition) is 0. The first-order valence-electron chi connectivity index (χ1n) is 15.4. The maximum atomic E-state index is 12.6. The Bertz CT molecular complexity index is 1370. The summed E-state index contributed by atoms with van der Waals surface area (Å²) < 4.78 is 38.8. The molecule has 1 unspecified atom stereocenters. The van der Waals surface area contributed by atoms with E-state index in [1.807, 2.05) is 24.3 Å². The minimum atomic E-state index is -0.484. The molecule has 1 aliphatic rings. The van der Waals surface area contributed by atoms with Gasteiger partial charge < -0.3 is 33.2 Å². The first-order valence-corrected chi connectivity index (χ1v) is 16.3. The van der Waals surface area contributed by atoms with Crippen molar-refractivity contribution in [1.29, 1.82) is 0 Å². The number of benzene rings is 3. The van der Waals surface area contributed by atoms with E-state index in [2.05, 4.69) is 32.6 Å². The maximum Gasteiger partial charge on any atom is 0.343 e. The molecular weight excluding hydrogens is 608 g/mol. The van der Waals surface area contributed by atoms with Crippen molar-refractivity contribution in [2.75, 3.05) is 46.2 Å². The smallest absolute Gasteiger partial charge is 0.343 e. The van der Waals surface area contributed by atoms with E-state index in [1.165, 1.54) is 5.56 Å². The Balaban J connectivity index is 1.14. The third-order valence-electron chi connectivity index (χ3n) is 6.90. The van der Waals surface area contributed by atoms with Crippen molar-refractivity contribution in [2.45, 2.75) is 43.6 Å². The van der Waals surface area contributed by atoms with Crippen LogP contribution in [0.15, 0.2) is 90.3 Å². The fourth-order valence-corrected chi connectivity index (χ4v) is 5.11. The van der Waals surface area contributed by atoms with Crippen molar-refractivity contribution in [3.05, 3.63) is 96.6 Å². The Labute approximate surface area is 275 Å². The first-order chi connectivity index (χ1) is 22.4. The Hall–Kier alpha value is -3.83. The van der Waals surface area contributed by atoms with E-state index in [4.69, 9.17) is 33.2 Å². The number of ether oxygens (including phenoxy) is 7. The standard InChI is InChI=1S/C36H42O9S/c1-4-6-34(43-26-36(3)24-40-25-36)44-30-11-7-27(8-12-30)23-46-32-17-15-31(16-18-32)45-35(38)28-9-13-29(14-10-28)41-21-19-39-20-22-42-33(37)5-2/h5,7-18,34H,2,4,6,19-26H2,1,3H3. The predicted octanol–water partition coefficient (Wildman–Crippen LogP) is 6.88. The number of thioether (sulfide) groups is 1. The minimum Gasteiger partial charge on any atom is -0.491 e. The van der Waals surface area contributed by atoms with Gasteiger partial charge in [-0.3, -0.25) is 0 Å². The van der Waals surface area contributed by atoms with Crippen LogP contribution in [0.5, 0.6) is 17.2 Å². The fourth-order valence-electron chi connectivity index (χ4n) is 4.26. The Morgan fingerprint density at radius 1 is 0.913 bits per heavy atom. The fraction of sp³-hybridized carbons (Fsp3) is 0.389. The van der Waals surface area contributed by atoms with Gasteiger partial charge in [-0.2, -0.15) is 0 Å². The second-order valence-corrected chi connectivity index (χ2v) is 12.1. The molecule has 4 rings (SSSR count). The van der Waals surface area contributed by atoms with E-state index in [9.17, 15) is 9.59 Å². The zero-order valence-corrected chi connectivity index (χ0v) is 27.3. The minimum absolute atomic E-state index is 0.0878. The van der Waals surface area contributed by atoms with Crippen LogP contribution in [0.1, 0.15) is 42.6 Å². The highest BCUT2D eigenvalue weighted by Crippen LogP contribution is 2.29. The van der Waals surface area contributed by atoms with Crippen molar-refractivity contribution in [3.8, 4) is 17.2 Å². The van der Waals surface area contributed by atoms with Gasteiger partial charge in [-0.1, -0.05) is 39.0 Å². The molecule has 246 valence electrons. The van der Waals surface area contributed by atoms with Gasteiger partial charge >= 0.3 is 11.9 Å². The summed E-state index contributed by atoms with van der Waals surface area (Å²) in [7, 11) is 0. The number of rotatable bonds is 20. The lowest BCUT2D eigenvalue weighted by Gasteiger charge is -2.38. The molecular formula is C36H42O9S. The van der Waals surface area contributed by atoms with Gasteiger partial charge in [-0.15, -0.1) is 11.8 Å². The van der Waals surface area contributed by atoms with E-state index in [0.717, 1.165) is 48.5 Å². The second kappa shape index (κ2) is 18.3. The summed E-state index contributed by atoms with van der Waals surface area (Å²) in [5.74, 6) is 1.71. The van der Waals surface area contributed by atoms with Gasteiger partial charge in [0.2, 0.25) is 0 Å². The van der Waals surface area contributed by atoms with Crippen LogP contribution in [0.25, 0.3) is 0 Å². The number of esters is 2. The van der Waals surface area contributed by atoms with E-state index < -0.39 is 11.9 Å². The molecule has 1 saturated heterocycles. The average molecular weight is 651 g/mol. The number of carbonyl (C=O) groups is 2. The quantitative estimate of drug-likeness (QED) is 0.0321. The summed E-state index contributed by atoms with van der Waals surface area (Å²) in [5.41, 5.74) is 1.67. The van der Waals surface area contributed by atoms with Gasteiger partial charge in [0.05, 0.1) is 38.6 Å².